The Balaban J connectivity index is 1.71. The van der Waals surface area contributed by atoms with Crippen LogP contribution in [0.25, 0.3) is 0 Å². The first-order valence-electron chi connectivity index (χ1n) is 8.98. The zero-order chi connectivity index (χ0) is 15.7. The average molecular weight is 300 g/mol. The van der Waals surface area contributed by atoms with Gasteiger partial charge >= 0.3 is 0 Å². The Kier molecular flexibility index (Phi) is 3.05. The number of aliphatic hydroxyl groups excluding tert-OH is 1. The number of fused-ring (bicyclic) bond motifs is 5. The van der Waals surface area contributed by atoms with Gasteiger partial charge in [-0.25, -0.2) is 0 Å². The minimum Gasteiger partial charge on any atom is -0.392 e. The second-order valence-electron chi connectivity index (χ2n) is 8.81. The van der Waals surface area contributed by atoms with Gasteiger partial charge < -0.3 is 5.11 Å². The molecule has 1 N–H and O–H groups in total. The molecule has 0 bridgehead atoms. The van der Waals surface area contributed by atoms with Crippen molar-refractivity contribution in [3.63, 3.8) is 0 Å². The fraction of sp³-hybridized carbons (Fsp3) is 0.750. The summed E-state index contributed by atoms with van der Waals surface area (Å²) >= 11 is 0. The fourth-order valence-electron chi connectivity index (χ4n) is 6.54. The van der Waals surface area contributed by atoms with Crippen molar-refractivity contribution < 1.29 is 9.90 Å². The molecule has 0 aromatic rings. The Hall–Kier alpha value is -0.890. The second-order valence-corrected chi connectivity index (χ2v) is 8.81. The molecule has 2 unspecified atom stereocenters. The molecule has 0 spiro atoms. The summed E-state index contributed by atoms with van der Waals surface area (Å²) in [5.74, 6) is 2.60. The van der Waals surface area contributed by atoms with Crippen LogP contribution >= 0.6 is 0 Å². The molecule has 4 aliphatic carbocycles. The molecule has 4 aliphatic rings. The Morgan fingerprint density at radius 1 is 1.23 bits per heavy atom. The Morgan fingerprint density at radius 2 is 2.00 bits per heavy atom. The van der Waals surface area contributed by atoms with E-state index < -0.39 is 0 Å². The molecule has 120 valence electrons. The molecule has 0 aliphatic heterocycles. The van der Waals surface area contributed by atoms with Gasteiger partial charge in [0, 0.05) is 5.41 Å². The van der Waals surface area contributed by atoms with Crippen LogP contribution in [-0.4, -0.2) is 17.0 Å². The molecule has 7 atom stereocenters. The van der Waals surface area contributed by atoms with Gasteiger partial charge in [0.15, 0.2) is 5.78 Å². The maximum Gasteiger partial charge on any atom is 0.178 e. The van der Waals surface area contributed by atoms with Crippen LogP contribution in [0, 0.1) is 34.5 Å². The largest absolute Gasteiger partial charge is 0.392 e. The Bertz CT molecular complexity index is 574. The molecule has 0 aromatic carbocycles. The zero-order valence-electron chi connectivity index (χ0n) is 14.0. The smallest absolute Gasteiger partial charge is 0.178 e. The van der Waals surface area contributed by atoms with E-state index in [0.29, 0.717) is 23.7 Å². The van der Waals surface area contributed by atoms with Gasteiger partial charge in [0.05, 0.1) is 6.10 Å². The van der Waals surface area contributed by atoms with Gasteiger partial charge in [0.1, 0.15) is 0 Å². The van der Waals surface area contributed by atoms with Crippen LogP contribution in [0.5, 0.6) is 0 Å². The van der Waals surface area contributed by atoms with Crippen LogP contribution in [0.1, 0.15) is 52.9 Å². The normalized spacial score (nSPS) is 53.5. The highest BCUT2D eigenvalue weighted by molar-refractivity contribution is 6.01. The summed E-state index contributed by atoms with van der Waals surface area (Å²) in [5.41, 5.74) is 1.55. The third-order valence-corrected chi connectivity index (χ3v) is 7.83. The predicted octanol–water partition coefficient (Wildman–Crippen LogP) is 3.90. The first-order valence-corrected chi connectivity index (χ1v) is 8.98. The molecule has 4 rings (SSSR count). The number of carbonyl (C=O) groups is 1. The lowest BCUT2D eigenvalue weighted by Crippen LogP contribution is -2.50. The fourth-order valence-corrected chi connectivity index (χ4v) is 6.54. The van der Waals surface area contributed by atoms with Crippen molar-refractivity contribution in [3.8, 4) is 0 Å². The lowest BCUT2D eigenvalue weighted by Gasteiger charge is -2.56. The number of ketones is 1. The summed E-state index contributed by atoms with van der Waals surface area (Å²) in [7, 11) is 0. The standard InChI is InChI=1S/C20H28O2/c1-12-10-17-15-5-4-13-11-14(21)6-8-19(13,2)16(15)7-9-20(17,3)18(12)22/h6,8,11-12,15-18,22H,4-5,7,9-10H2,1-3H3/t12?,15-,16-,17+,18?,19+,20+/m1/s1. The summed E-state index contributed by atoms with van der Waals surface area (Å²) in [6.45, 7) is 6.89. The summed E-state index contributed by atoms with van der Waals surface area (Å²) in [4.78, 5) is 11.7. The van der Waals surface area contributed by atoms with E-state index in [9.17, 15) is 9.90 Å². The summed E-state index contributed by atoms with van der Waals surface area (Å²) in [6.07, 6.45) is 11.5. The number of hydrogen-bond donors (Lipinski definition) is 1. The van der Waals surface area contributed by atoms with Gasteiger partial charge in [0.2, 0.25) is 0 Å². The first-order chi connectivity index (χ1) is 10.4. The van der Waals surface area contributed by atoms with Crippen LogP contribution in [0.4, 0.5) is 0 Å². The molecule has 0 heterocycles. The molecule has 0 amide bonds. The lowest BCUT2D eigenvalue weighted by molar-refractivity contribution is -0.111. The summed E-state index contributed by atoms with van der Waals surface area (Å²) in [5, 5.41) is 10.7. The van der Waals surface area contributed by atoms with E-state index in [4.69, 9.17) is 0 Å². The van der Waals surface area contributed by atoms with Crippen molar-refractivity contribution in [2.75, 3.05) is 0 Å². The van der Waals surface area contributed by atoms with Gasteiger partial charge in [-0.1, -0.05) is 32.4 Å². The van der Waals surface area contributed by atoms with Crippen LogP contribution in [0.2, 0.25) is 0 Å². The number of aliphatic hydroxyl groups is 1. The summed E-state index contributed by atoms with van der Waals surface area (Å²) < 4.78 is 0. The van der Waals surface area contributed by atoms with Crippen LogP contribution in [0.15, 0.2) is 23.8 Å². The number of carbonyl (C=O) groups excluding carboxylic acids is 1. The van der Waals surface area contributed by atoms with E-state index in [1.807, 2.05) is 6.08 Å². The van der Waals surface area contributed by atoms with E-state index in [1.54, 1.807) is 6.08 Å². The van der Waals surface area contributed by atoms with Crippen molar-refractivity contribution in [1.82, 2.24) is 0 Å². The highest BCUT2D eigenvalue weighted by Crippen LogP contribution is 2.65. The second kappa shape index (κ2) is 4.56. The molecular formula is C20H28O2. The lowest BCUT2D eigenvalue weighted by atomic mass is 9.48. The van der Waals surface area contributed by atoms with Crippen molar-refractivity contribution >= 4 is 5.78 Å². The Labute approximate surface area is 133 Å². The van der Waals surface area contributed by atoms with Gasteiger partial charge in [-0.2, -0.15) is 0 Å². The van der Waals surface area contributed by atoms with Gasteiger partial charge in [-0.15, -0.1) is 0 Å². The SMILES string of the molecule is CC1C[C@H]2[C@@H]3CCC4=CC(=O)C=C[C@]4(C)[C@@H]3CC[C@]2(C)C1O. The van der Waals surface area contributed by atoms with Gasteiger partial charge in [-0.05, 0) is 73.3 Å². The highest BCUT2D eigenvalue weighted by atomic mass is 16.3. The third-order valence-electron chi connectivity index (χ3n) is 7.83. The van der Waals surface area contributed by atoms with Crippen molar-refractivity contribution in [1.29, 1.82) is 0 Å². The van der Waals surface area contributed by atoms with Crippen molar-refractivity contribution in [2.45, 2.75) is 59.0 Å². The van der Waals surface area contributed by atoms with Crippen LogP contribution in [0.3, 0.4) is 0 Å². The molecule has 0 aromatic heterocycles. The molecule has 3 saturated carbocycles. The van der Waals surface area contributed by atoms with E-state index >= 15 is 0 Å². The minimum atomic E-state index is -0.133. The number of hydrogen-bond acceptors (Lipinski definition) is 2. The molecule has 2 nitrogen and oxygen atoms in total. The van der Waals surface area contributed by atoms with Crippen LogP contribution < -0.4 is 0 Å². The summed E-state index contributed by atoms with van der Waals surface area (Å²) in [6, 6.07) is 0. The van der Waals surface area contributed by atoms with Crippen molar-refractivity contribution in [3.05, 3.63) is 23.8 Å². The molecular weight excluding hydrogens is 272 g/mol. The van der Waals surface area contributed by atoms with Crippen molar-refractivity contribution in [2.24, 2.45) is 34.5 Å². The third kappa shape index (κ3) is 1.73. The molecule has 0 saturated heterocycles. The topological polar surface area (TPSA) is 37.3 Å². The van der Waals surface area contributed by atoms with E-state index in [-0.39, 0.29) is 22.7 Å². The first kappa shape index (κ1) is 14.7. The van der Waals surface area contributed by atoms with E-state index in [1.165, 1.54) is 24.8 Å². The van der Waals surface area contributed by atoms with E-state index in [2.05, 4.69) is 26.8 Å². The van der Waals surface area contributed by atoms with Gasteiger partial charge in [-0.3, -0.25) is 4.79 Å². The minimum absolute atomic E-state index is 0.0783. The number of rotatable bonds is 0. The molecule has 2 heteroatoms. The molecule has 3 fully saturated rings. The average Bonchev–Trinajstić information content (AvgIpc) is 2.72. The maximum absolute atomic E-state index is 11.7. The molecule has 0 radical (unpaired) electrons. The Morgan fingerprint density at radius 3 is 2.77 bits per heavy atom. The van der Waals surface area contributed by atoms with Crippen LogP contribution in [-0.2, 0) is 4.79 Å². The maximum atomic E-state index is 11.7. The predicted molar refractivity (Wildman–Crippen MR) is 87.2 cm³/mol. The van der Waals surface area contributed by atoms with Gasteiger partial charge in [0.25, 0.3) is 0 Å². The van der Waals surface area contributed by atoms with E-state index in [0.717, 1.165) is 12.8 Å². The number of allylic oxidation sites excluding steroid dienone is 4. The highest BCUT2D eigenvalue weighted by Gasteiger charge is 2.59. The molecule has 22 heavy (non-hydrogen) atoms. The zero-order valence-corrected chi connectivity index (χ0v) is 14.0. The monoisotopic (exact) mass is 300 g/mol. The quantitative estimate of drug-likeness (QED) is 0.736.